The Morgan fingerprint density at radius 1 is 1.18 bits per heavy atom. The molecule has 0 radical (unpaired) electrons. The second-order valence-electron chi connectivity index (χ2n) is 6.15. The van der Waals surface area contributed by atoms with Crippen LogP contribution in [0.2, 0.25) is 0 Å². The van der Waals surface area contributed by atoms with Gasteiger partial charge in [0.15, 0.2) is 11.5 Å². The zero-order chi connectivity index (χ0) is 20.4. The lowest BCUT2D eigenvalue weighted by atomic mass is 10.2. The van der Waals surface area contributed by atoms with Crippen LogP contribution in [0.5, 0.6) is 11.5 Å². The summed E-state index contributed by atoms with van der Waals surface area (Å²) < 4.78 is 12.7. The minimum atomic E-state index is -0.722. The first-order valence-corrected chi connectivity index (χ1v) is 9.49. The predicted molar refractivity (Wildman–Crippen MR) is 107 cm³/mol. The first-order chi connectivity index (χ1) is 13.6. The molecule has 2 aromatic rings. The summed E-state index contributed by atoms with van der Waals surface area (Å²) in [6, 6.07) is 4.96. The van der Waals surface area contributed by atoms with Crippen LogP contribution in [0.4, 0.5) is 5.69 Å². The molecule has 0 aliphatic carbocycles. The van der Waals surface area contributed by atoms with Crippen molar-refractivity contribution in [3.05, 3.63) is 36.4 Å². The molecule has 28 heavy (non-hydrogen) atoms. The van der Waals surface area contributed by atoms with Crippen molar-refractivity contribution in [3.63, 3.8) is 0 Å². The zero-order valence-corrected chi connectivity index (χ0v) is 16.7. The minimum absolute atomic E-state index is 0.405. The maximum atomic E-state index is 12.1. The maximum absolute atomic E-state index is 12.1. The number of methoxy groups -OCH3 is 1. The summed E-state index contributed by atoms with van der Waals surface area (Å²) in [6.07, 6.45) is 6.38. The number of aromatic nitrogens is 2. The van der Waals surface area contributed by atoms with Gasteiger partial charge >= 0.3 is 11.8 Å². The van der Waals surface area contributed by atoms with Crippen LogP contribution in [0.15, 0.2) is 30.6 Å². The second-order valence-corrected chi connectivity index (χ2v) is 6.15. The lowest BCUT2D eigenvalue weighted by Gasteiger charge is -2.12. The summed E-state index contributed by atoms with van der Waals surface area (Å²) in [5.74, 6) is 0.710. The highest BCUT2D eigenvalue weighted by atomic mass is 16.5. The normalized spacial score (nSPS) is 10.4. The van der Waals surface area contributed by atoms with Gasteiger partial charge in [-0.05, 0) is 31.9 Å². The van der Waals surface area contributed by atoms with E-state index in [0.717, 1.165) is 25.2 Å². The van der Waals surface area contributed by atoms with Crippen LogP contribution in [0.1, 0.15) is 32.5 Å². The number of nitrogens with one attached hydrogen (secondary N) is 2. The number of rotatable bonds is 10. The topological polar surface area (TPSA) is 94.5 Å². The van der Waals surface area contributed by atoms with Gasteiger partial charge in [-0.25, -0.2) is 4.98 Å². The van der Waals surface area contributed by atoms with Crippen molar-refractivity contribution in [2.45, 2.75) is 39.7 Å². The monoisotopic (exact) mass is 388 g/mol. The van der Waals surface area contributed by atoms with Gasteiger partial charge in [-0.1, -0.05) is 6.92 Å². The Morgan fingerprint density at radius 2 is 2.00 bits per heavy atom. The van der Waals surface area contributed by atoms with Crippen molar-refractivity contribution in [1.29, 1.82) is 0 Å². The van der Waals surface area contributed by atoms with Crippen LogP contribution >= 0.6 is 0 Å². The molecule has 2 N–H and O–H groups in total. The standard InChI is InChI=1S/C20H28N4O4/c1-4-7-18-21-11-13-24(18)12-6-10-22-19(25)20(26)23-15-8-9-16(28-5-2)17(14-15)27-3/h8-9,11,13-14H,4-7,10,12H2,1-3H3,(H,22,25)(H,23,26). The van der Waals surface area contributed by atoms with Crippen LogP contribution < -0.4 is 20.1 Å². The van der Waals surface area contributed by atoms with E-state index < -0.39 is 11.8 Å². The molecule has 0 bridgehead atoms. The van der Waals surface area contributed by atoms with Crippen LogP contribution in [-0.2, 0) is 22.6 Å². The summed E-state index contributed by atoms with van der Waals surface area (Å²) in [5.41, 5.74) is 0.461. The Morgan fingerprint density at radius 3 is 2.71 bits per heavy atom. The fraction of sp³-hybridized carbons (Fsp3) is 0.450. The van der Waals surface area contributed by atoms with E-state index in [1.807, 2.05) is 13.1 Å². The third-order valence-electron chi connectivity index (χ3n) is 4.06. The Balaban J connectivity index is 1.79. The first-order valence-electron chi connectivity index (χ1n) is 9.49. The summed E-state index contributed by atoms with van der Waals surface area (Å²) in [7, 11) is 1.52. The highest BCUT2D eigenvalue weighted by Gasteiger charge is 2.14. The quantitative estimate of drug-likeness (QED) is 0.481. The van der Waals surface area contributed by atoms with Crippen molar-refractivity contribution >= 4 is 17.5 Å². The minimum Gasteiger partial charge on any atom is -0.493 e. The van der Waals surface area contributed by atoms with Crippen LogP contribution in [0.3, 0.4) is 0 Å². The number of aryl methyl sites for hydroxylation is 2. The molecule has 0 aliphatic heterocycles. The Labute approximate surface area is 165 Å². The third kappa shape index (κ3) is 6.00. The van der Waals surface area contributed by atoms with E-state index in [9.17, 15) is 9.59 Å². The molecule has 2 rings (SSSR count). The molecule has 0 saturated carbocycles. The molecule has 1 aromatic carbocycles. The SMILES string of the molecule is CCCc1nccn1CCCNC(=O)C(=O)Nc1ccc(OCC)c(OC)c1. The highest BCUT2D eigenvalue weighted by molar-refractivity contribution is 6.39. The molecule has 8 nitrogen and oxygen atoms in total. The van der Waals surface area contributed by atoms with E-state index in [1.165, 1.54) is 7.11 Å². The third-order valence-corrected chi connectivity index (χ3v) is 4.06. The average molecular weight is 388 g/mol. The molecule has 2 amide bonds. The highest BCUT2D eigenvalue weighted by Crippen LogP contribution is 2.30. The van der Waals surface area contributed by atoms with Crippen molar-refractivity contribution in [2.24, 2.45) is 0 Å². The van der Waals surface area contributed by atoms with Gasteiger partial charge in [-0.3, -0.25) is 9.59 Å². The van der Waals surface area contributed by atoms with Gasteiger partial charge in [-0.2, -0.15) is 0 Å². The summed E-state index contributed by atoms with van der Waals surface area (Å²) in [4.78, 5) is 28.4. The van der Waals surface area contributed by atoms with Crippen molar-refractivity contribution < 1.29 is 19.1 Å². The Kier molecular flexibility index (Phi) is 8.33. The number of anilines is 1. The molecule has 0 aliphatic rings. The number of hydrogen-bond acceptors (Lipinski definition) is 5. The van der Waals surface area contributed by atoms with Gasteiger partial charge in [0.05, 0.1) is 13.7 Å². The van der Waals surface area contributed by atoms with E-state index in [0.29, 0.717) is 36.8 Å². The molecule has 1 aromatic heterocycles. The Bertz CT molecular complexity index is 788. The summed E-state index contributed by atoms with van der Waals surface area (Å²) in [6.45, 7) is 5.63. The Hall–Kier alpha value is -3.03. The average Bonchev–Trinajstić information content (AvgIpc) is 3.13. The van der Waals surface area contributed by atoms with E-state index in [2.05, 4.69) is 27.1 Å². The molecule has 8 heteroatoms. The lowest BCUT2D eigenvalue weighted by molar-refractivity contribution is -0.136. The van der Waals surface area contributed by atoms with Gasteiger partial charge < -0.3 is 24.7 Å². The summed E-state index contributed by atoms with van der Waals surface area (Å²) in [5, 5.41) is 5.20. The van der Waals surface area contributed by atoms with Gasteiger partial charge in [0, 0.05) is 43.7 Å². The van der Waals surface area contributed by atoms with Crippen molar-refractivity contribution in [3.8, 4) is 11.5 Å². The van der Waals surface area contributed by atoms with Crippen molar-refractivity contribution in [1.82, 2.24) is 14.9 Å². The van der Waals surface area contributed by atoms with Gasteiger partial charge in [0.2, 0.25) is 0 Å². The number of nitrogens with zero attached hydrogens (tertiary/aromatic N) is 2. The van der Waals surface area contributed by atoms with Crippen LogP contribution in [-0.4, -0.2) is 41.6 Å². The largest absolute Gasteiger partial charge is 0.493 e. The van der Waals surface area contributed by atoms with E-state index >= 15 is 0 Å². The molecule has 0 spiro atoms. The number of hydrogen-bond donors (Lipinski definition) is 2. The molecule has 152 valence electrons. The number of carbonyl (C=O) groups is 2. The molecule has 0 saturated heterocycles. The lowest BCUT2D eigenvalue weighted by Crippen LogP contribution is -2.36. The summed E-state index contributed by atoms with van der Waals surface area (Å²) >= 11 is 0. The molecular formula is C20H28N4O4. The van der Waals surface area contributed by atoms with Gasteiger partial charge in [-0.15, -0.1) is 0 Å². The number of carbonyl (C=O) groups excluding carboxylic acids is 2. The molecule has 0 unspecified atom stereocenters. The number of imidazole rings is 1. The molecular weight excluding hydrogens is 360 g/mol. The van der Waals surface area contributed by atoms with Crippen molar-refractivity contribution in [2.75, 3.05) is 25.6 Å². The first kappa shape index (κ1) is 21.3. The number of amides is 2. The fourth-order valence-electron chi connectivity index (χ4n) is 2.73. The van der Waals surface area contributed by atoms with E-state index in [4.69, 9.17) is 9.47 Å². The van der Waals surface area contributed by atoms with Crippen LogP contribution in [0.25, 0.3) is 0 Å². The van der Waals surface area contributed by atoms with Crippen LogP contribution in [0, 0.1) is 0 Å². The molecule has 0 fully saturated rings. The smallest absolute Gasteiger partial charge is 0.313 e. The van der Waals surface area contributed by atoms with Gasteiger partial charge in [0.1, 0.15) is 5.82 Å². The molecule has 1 heterocycles. The number of ether oxygens (including phenoxy) is 2. The molecule has 0 atom stereocenters. The predicted octanol–water partition coefficient (Wildman–Crippen LogP) is 2.39. The van der Waals surface area contributed by atoms with Gasteiger partial charge in [0.25, 0.3) is 0 Å². The fourth-order valence-corrected chi connectivity index (χ4v) is 2.73. The van der Waals surface area contributed by atoms with E-state index in [1.54, 1.807) is 24.4 Å². The van der Waals surface area contributed by atoms with E-state index in [-0.39, 0.29) is 0 Å². The second kappa shape index (κ2) is 11.0. The maximum Gasteiger partial charge on any atom is 0.313 e. The zero-order valence-electron chi connectivity index (χ0n) is 16.7. The number of benzene rings is 1.